The van der Waals surface area contributed by atoms with Crippen molar-refractivity contribution in [2.24, 2.45) is 0 Å². The van der Waals surface area contributed by atoms with Crippen molar-refractivity contribution in [1.82, 2.24) is 4.98 Å². The molecule has 1 nitrogen and oxygen atoms in total. The molecule has 0 atom stereocenters. The van der Waals surface area contributed by atoms with Crippen LogP contribution in [0, 0.1) is 0 Å². The van der Waals surface area contributed by atoms with E-state index in [0.29, 0.717) is 0 Å². The molecule has 0 spiro atoms. The van der Waals surface area contributed by atoms with Gasteiger partial charge in [-0.25, -0.2) is 0 Å². The van der Waals surface area contributed by atoms with Crippen molar-refractivity contribution >= 4 is 48.5 Å². The first-order valence-corrected chi connectivity index (χ1v) is 8.78. The quantitative estimate of drug-likeness (QED) is 0.329. The fourth-order valence-electron chi connectivity index (χ4n) is 3.51. The Morgan fingerprint density at radius 3 is 2.29 bits per heavy atom. The number of rotatable bonds is 1. The fourth-order valence-corrected chi connectivity index (χ4v) is 3.91. The zero-order chi connectivity index (χ0) is 16.1. The summed E-state index contributed by atoms with van der Waals surface area (Å²) in [6.45, 7) is 0. The van der Waals surface area contributed by atoms with Crippen LogP contribution >= 0.6 is 15.9 Å². The van der Waals surface area contributed by atoms with Gasteiger partial charge in [-0.1, -0.05) is 70.5 Å². The molecule has 0 amide bonds. The normalized spacial score (nSPS) is 11.5. The minimum absolute atomic E-state index is 1.10. The molecule has 0 unspecified atom stereocenters. The van der Waals surface area contributed by atoms with Crippen LogP contribution in [0.4, 0.5) is 0 Å². The third kappa shape index (κ3) is 2.07. The summed E-state index contributed by atoms with van der Waals surface area (Å²) in [7, 11) is 0. The molecular formula is C22H14BrN. The molecule has 114 valence electrons. The molecular weight excluding hydrogens is 358 g/mol. The first kappa shape index (κ1) is 13.8. The van der Waals surface area contributed by atoms with Crippen molar-refractivity contribution in [1.29, 1.82) is 0 Å². The lowest BCUT2D eigenvalue weighted by Crippen LogP contribution is -1.80. The van der Waals surface area contributed by atoms with E-state index in [2.05, 4.69) is 99.8 Å². The number of H-pyrrole nitrogens is 1. The first-order valence-electron chi connectivity index (χ1n) is 7.99. The van der Waals surface area contributed by atoms with Gasteiger partial charge in [0, 0.05) is 26.3 Å². The van der Waals surface area contributed by atoms with Crippen molar-refractivity contribution in [3.63, 3.8) is 0 Å². The Morgan fingerprint density at radius 2 is 1.46 bits per heavy atom. The summed E-state index contributed by atoms with van der Waals surface area (Å²) >= 11 is 3.58. The SMILES string of the molecule is Brc1cccc(-c2cccc3c2[nH]c2cc4ccccc4cc23)c1. The van der Waals surface area contributed by atoms with Crippen molar-refractivity contribution in [3.8, 4) is 11.1 Å². The van der Waals surface area contributed by atoms with E-state index in [1.165, 1.54) is 43.7 Å². The largest absolute Gasteiger partial charge is 0.354 e. The Labute approximate surface area is 148 Å². The predicted molar refractivity (Wildman–Crippen MR) is 106 cm³/mol. The number of para-hydroxylation sites is 1. The molecule has 0 aliphatic carbocycles. The van der Waals surface area contributed by atoms with Crippen LogP contribution in [0.3, 0.4) is 0 Å². The molecule has 5 rings (SSSR count). The van der Waals surface area contributed by atoms with E-state index in [0.717, 1.165) is 4.47 Å². The van der Waals surface area contributed by atoms with Crippen LogP contribution in [-0.2, 0) is 0 Å². The van der Waals surface area contributed by atoms with Crippen LogP contribution in [0.5, 0.6) is 0 Å². The second kappa shape index (κ2) is 5.22. The third-order valence-electron chi connectivity index (χ3n) is 4.64. The van der Waals surface area contributed by atoms with Gasteiger partial charge in [0.1, 0.15) is 0 Å². The van der Waals surface area contributed by atoms with E-state index in [4.69, 9.17) is 0 Å². The lowest BCUT2D eigenvalue weighted by molar-refractivity contribution is 1.53. The number of fused-ring (bicyclic) bond motifs is 4. The molecule has 24 heavy (non-hydrogen) atoms. The molecule has 0 radical (unpaired) electrons. The van der Waals surface area contributed by atoms with Crippen molar-refractivity contribution in [2.75, 3.05) is 0 Å². The van der Waals surface area contributed by atoms with Gasteiger partial charge in [-0.2, -0.15) is 0 Å². The summed E-state index contributed by atoms with van der Waals surface area (Å²) in [6, 6.07) is 28.0. The van der Waals surface area contributed by atoms with Crippen LogP contribution in [0.2, 0.25) is 0 Å². The van der Waals surface area contributed by atoms with Gasteiger partial charge in [-0.3, -0.25) is 0 Å². The van der Waals surface area contributed by atoms with Gasteiger partial charge >= 0.3 is 0 Å². The number of nitrogens with one attached hydrogen (secondary N) is 1. The molecule has 1 heterocycles. The minimum atomic E-state index is 1.10. The molecule has 0 aliphatic heterocycles. The molecule has 0 saturated heterocycles. The van der Waals surface area contributed by atoms with E-state index >= 15 is 0 Å². The van der Waals surface area contributed by atoms with E-state index in [1.807, 2.05) is 0 Å². The van der Waals surface area contributed by atoms with Gasteiger partial charge in [0.15, 0.2) is 0 Å². The van der Waals surface area contributed by atoms with Crippen molar-refractivity contribution in [2.45, 2.75) is 0 Å². The topological polar surface area (TPSA) is 15.8 Å². The van der Waals surface area contributed by atoms with Gasteiger partial charge in [0.25, 0.3) is 0 Å². The number of hydrogen-bond donors (Lipinski definition) is 1. The van der Waals surface area contributed by atoms with Crippen LogP contribution in [0.25, 0.3) is 43.7 Å². The standard InChI is InChI=1S/C22H14BrN/c23-17-8-3-7-16(11-17)18-9-4-10-19-20-12-14-5-1-2-6-15(14)13-21(20)24-22(18)19/h1-13,24H. The highest BCUT2D eigenvalue weighted by Gasteiger charge is 2.10. The second-order valence-electron chi connectivity index (χ2n) is 6.11. The maximum Gasteiger partial charge on any atom is 0.0544 e. The van der Waals surface area contributed by atoms with Crippen molar-refractivity contribution in [3.05, 3.63) is 83.3 Å². The average Bonchev–Trinajstić information content (AvgIpc) is 2.97. The Balaban J connectivity index is 1.88. The van der Waals surface area contributed by atoms with Crippen LogP contribution in [0.15, 0.2) is 83.3 Å². The van der Waals surface area contributed by atoms with Crippen LogP contribution in [-0.4, -0.2) is 4.98 Å². The molecule has 1 aromatic heterocycles. The number of aromatic amines is 1. The average molecular weight is 372 g/mol. The Hall–Kier alpha value is -2.58. The maximum absolute atomic E-state index is 3.64. The highest BCUT2D eigenvalue weighted by molar-refractivity contribution is 9.10. The molecule has 1 N–H and O–H groups in total. The number of halogens is 1. The molecule has 4 aromatic carbocycles. The summed E-state index contributed by atoms with van der Waals surface area (Å²) in [5.74, 6) is 0. The maximum atomic E-state index is 3.64. The molecule has 0 fully saturated rings. The Morgan fingerprint density at radius 1 is 0.667 bits per heavy atom. The Kier molecular flexibility index (Phi) is 3.00. The third-order valence-corrected chi connectivity index (χ3v) is 5.13. The molecule has 0 aliphatic rings. The van der Waals surface area contributed by atoms with Crippen molar-refractivity contribution < 1.29 is 0 Å². The molecule has 5 aromatic rings. The Bertz CT molecular complexity index is 1220. The molecule has 0 bridgehead atoms. The predicted octanol–water partition coefficient (Wildman–Crippen LogP) is 6.90. The van der Waals surface area contributed by atoms with Gasteiger partial charge < -0.3 is 4.98 Å². The van der Waals surface area contributed by atoms with Gasteiger partial charge in [0.2, 0.25) is 0 Å². The highest BCUT2D eigenvalue weighted by atomic mass is 79.9. The van der Waals surface area contributed by atoms with Gasteiger partial charge in [-0.05, 0) is 40.6 Å². The summed E-state index contributed by atoms with van der Waals surface area (Å²) in [5.41, 5.74) is 4.83. The van der Waals surface area contributed by atoms with E-state index in [1.54, 1.807) is 0 Å². The minimum Gasteiger partial charge on any atom is -0.354 e. The number of aromatic nitrogens is 1. The monoisotopic (exact) mass is 371 g/mol. The molecule has 2 heteroatoms. The van der Waals surface area contributed by atoms with Crippen LogP contribution < -0.4 is 0 Å². The van der Waals surface area contributed by atoms with E-state index in [9.17, 15) is 0 Å². The lowest BCUT2D eigenvalue weighted by Gasteiger charge is -2.04. The summed E-state index contributed by atoms with van der Waals surface area (Å²) < 4.78 is 1.10. The highest BCUT2D eigenvalue weighted by Crippen LogP contribution is 2.35. The second-order valence-corrected chi connectivity index (χ2v) is 7.02. The van der Waals surface area contributed by atoms with Gasteiger partial charge in [0.05, 0.1) is 5.52 Å². The lowest BCUT2D eigenvalue weighted by atomic mass is 10.0. The first-order chi connectivity index (χ1) is 11.8. The summed E-state index contributed by atoms with van der Waals surface area (Å²) in [6.07, 6.45) is 0. The number of benzene rings is 4. The zero-order valence-electron chi connectivity index (χ0n) is 12.9. The van der Waals surface area contributed by atoms with E-state index in [-0.39, 0.29) is 0 Å². The fraction of sp³-hybridized carbons (Fsp3) is 0. The van der Waals surface area contributed by atoms with Crippen LogP contribution in [0.1, 0.15) is 0 Å². The van der Waals surface area contributed by atoms with Gasteiger partial charge in [-0.15, -0.1) is 0 Å². The summed E-state index contributed by atoms with van der Waals surface area (Å²) in [5, 5.41) is 5.09. The zero-order valence-corrected chi connectivity index (χ0v) is 14.5. The number of hydrogen-bond acceptors (Lipinski definition) is 0. The molecule has 0 saturated carbocycles. The smallest absolute Gasteiger partial charge is 0.0544 e. The van der Waals surface area contributed by atoms with E-state index < -0.39 is 0 Å². The summed E-state index contributed by atoms with van der Waals surface area (Å²) in [4.78, 5) is 3.64.